The fourth-order valence-electron chi connectivity index (χ4n) is 2.92. The van der Waals surface area contributed by atoms with E-state index in [4.69, 9.17) is 5.11 Å². The second-order valence-electron chi connectivity index (χ2n) is 6.81. The highest BCUT2D eigenvalue weighted by atomic mass is 16.4. The quantitative estimate of drug-likeness (QED) is 0.896. The van der Waals surface area contributed by atoms with Crippen molar-refractivity contribution in [2.45, 2.75) is 45.1 Å². The van der Waals surface area contributed by atoms with Gasteiger partial charge in [-0.3, -0.25) is 14.5 Å². The molecular weight excluding hydrogens is 280 g/mol. The first-order chi connectivity index (χ1) is 10.3. The maximum Gasteiger partial charge on any atom is 0.320 e. The number of nitrogens with zero attached hydrogens (tertiary/aromatic N) is 1. The molecule has 1 aliphatic heterocycles. The van der Waals surface area contributed by atoms with E-state index in [1.54, 1.807) is 4.90 Å². The summed E-state index contributed by atoms with van der Waals surface area (Å²) in [6, 6.07) is 7.20. The van der Waals surface area contributed by atoms with Gasteiger partial charge in [-0.1, -0.05) is 39.0 Å². The average Bonchev–Trinajstić information content (AvgIpc) is 2.86. The molecule has 0 saturated carbocycles. The van der Waals surface area contributed by atoms with Crippen LogP contribution in [0, 0.1) is 0 Å². The lowest BCUT2D eigenvalue weighted by molar-refractivity contribution is -0.142. The standard InChI is InChI=1S/C17H24N2O3/c1-17(2,3)12-7-4-5-8-13(12)18-15(20)11-19-10-6-9-14(19)16(21)22/h4-5,7-8,14H,6,9-11H2,1-3H3,(H,18,20)(H,21,22). The van der Waals surface area contributed by atoms with Gasteiger partial charge in [-0.05, 0) is 36.4 Å². The highest BCUT2D eigenvalue weighted by Gasteiger charge is 2.31. The number of carboxylic acids is 1. The molecule has 0 spiro atoms. The van der Waals surface area contributed by atoms with Crippen molar-refractivity contribution >= 4 is 17.6 Å². The number of rotatable bonds is 4. The molecule has 0 aliphatic carbocycles. The summed E-state index contributed by atoms with van der Waals surface area (Å²) >= 11 is 0. The highest BCUT2D eigenvalue weighted by molar-refractivity contribution is 5.93. The number of nitrogens with one attached hydrogen (secondary N) is 1. The Balaban J connectivity index is 2.06. The lowest BCUT2D eigenvalue weighted by Crippen LogP contribution is -2.41. The first-order valence-corrected chi connectivity index (χ1v) is 7.65. The summed E-state index contributed by atoms with van der Waals surface area (Å²) in [7, 11) is 0. The molecule has 0 bridgehead atoms. The van der Waals surface area contributed by atoms with Crippen LogP contribution in [0.5, 0.6) is 0 Å². The van der Waals surface area contributed by atoms with Crippen LogP contribution in [0.3, 0.4) is 0 Å². The van der Waals surface area contributed by atoms with Gasteiger partial charge in [0.2, 0.25) is 5.91 Å². The number of carbonyl (C=O) groups is 2. The number of hydrogen-bond donors (Lipinski definition) is 2. The molecule has 1 saturated heterocycles. The molecule has 1 aromatic carbocycles. The topological polar surface area (TPSA) is 69.6 Å². The lowest BCUT2D eigenvalue weighted by atomic mass is 9.86. The third-order valence-electron chi connectivity index (χ3n) is 4.00. The lowest BCUT2D eigenvalue weighted by Gasteiger charge is -2.24. The van der Waals surface area contributed by atoms with E-state index in [-0.39, 0.29) is 17.9 Å². The minimum absolute atomic E-state index is 0.0683. The minimum Gasteiger partial charge on any atom is -0.480 e. The number of likely N-dealkylation sites (tertiary alicyclic amines) is 1. The molecule has 1 atom stereocenters. The Hall–Kier alpha value is -1.88. The average molecular weight is 304 g/mol. The Bertz CT molecular complexity index is 563. The van der Waals surface area contributed by atoms with Gasteiger partial charge >= 0.3 is 5.97 Å². The molecule has 5 nitrogen and oxygen atoms in total. The van der Waals surface area contributed by atoms with Crippen LogP contribution in [0.15, 0.2) is 24.3 Å². The summed E-state index contributed by atoms with van der Waals surface area (Å²) in [5.74, 6) is -1.01. The Kier molecular flexibility index (Phi) is 4.86. The van der Waals surface area contributed by atoms with Crippen molar-refractivity contribution in [2.24, 2.45) is 0 Å². The summed E-state index contributed by atoms with van der Waals surface area (Å²) in [5, 5.41) is 12.1. The van der Waals surface area contributed by atoms with Crippen LogP contribution in [0.1, 0.15) is 39.2 Å². The molecule has 1 unspecified atom stereocenters. The fraction of sp³-hybridized carbons (Fsp3) is 0.529. The molecular formula is C17H24N2O3. The maximum atomic E-state index is 12.3. The predicted octanol–water partition coefficient (Wildman–Crippen LogP) is 2.47. The maximum absolute atomic E-state index is 12.3. The first-order valence-electron chi connectivity index (χ1n) is 7.65. The third-order valence-corrected chi connectivity index (χ3v) is 4.00. The molecule has 0 radical (unpaired) electrons. The second-order valence-corrected chi connectivity index (χ2v) is 6.81. The van der Waals surface area contributed by atoms with Crippen molar-refractivity contribution in [2.75, 3.05) is 18.4 Å². The van der Waals surface area contributed by atoms with Crippen molar-refractivity contribution in [1.29, 1.82) is 0 Å². The third kappa shape index (κ3) is 3.85. The summed E-state index contributed by atoms with van der Waals surface area (Å²) < 4.78 is 0. The molecule has 1 fully saturated rings. The molecule has 0 aromatic heterocycles. The van der Waals surface area contributed by atoms with Crippen molar-refractivity contribution in [3.63, 3.8) is 0 Å². The van der Waals surface area contributed by atoms with E-state index in [2.05, 4.69) is 26.1 Å². The molecule has 1 aromatic rings. The van der Waals surface area contributed by atoms with Gasteiger partial charge in [-0.25, -0.2) is 0 Å². The summed E-state index contributed by atoms with van der Waals surface area (Å²) in [6.45, 7) is 7.07. The van der Waals surface area contributed by atoms with E-state index in [1.807, 2.05) is 24.3 Å². The number of para-hydroxylation sites is 1. The van der Waals surface area contributed by atoms with Crippen LogP contribution < -0.4 is 5.32 Å². The highest BCUT2D eigenvalue weighted by Crippen LogP contribution is 2.29. The van der Waals surface area contributed by atoms with Crippen LogP contribution in [0.25, 0.3) is 0 Å². The van der Waals surface area contributed by atoms with Crippen molar-refractivity contribution in [1.82, 2.24) is 4.90 Å². The Morgan fingerprint density at radius 2 is 2.00 bits per heavy atom. The minimum atomic E-state index is -0.847. The molecule has 1 amide bonds. The molecule has 120 valence electrons. The number of benzene rings is 1. The smallest absolute Gasteiger partial charge is 0.320 e. The van der Waals surface area contributed by atoms with Crippen LogP contribution in [0.2, 0.25) is 0 Å². The number of aliphatic carboxylic acids is 1. The molecule has 1 aliphatic rings. The number of carboxylic acid groups (broad SMARTS) is 1. The predicted molar refractivity (Wildman–Crippen MR) is 86.0 cm³/mol. The van der Waals surface area contributed by atoms with E-state index in [0.717, 1.165) is 17.7 Å². The number of carbonyl (C=O) groups excluding carboxylic acids is 1. The van der Waals surface area contributed by atoms with Crippen molar-refractivity contribution in [3.05, 3.63) is 29.8 Å². The summed E-state index contributed by atoms with van der Waals surface area (Å²) in [4.78, 5) is 25.2. The van der Waals surface area contributed by atoms with Gasteiger partial charge in [-0.15, -0.1) is 0 Å². The van der Waals surface area contributed by atoms with Gasteiger partial charge in [0.25, 0.3) is 0 Å². The van der Waals surface area contributed by atoms with Crippen LogP contribution in [-0.4, -0.2) is 41.0 Å². The number of amides is 1. The van der Waals surface area contributed by atoms with E-state index in [0.29, 0.717) is 13.0 Å². The Morgan fingerprint density at radius 1 is 1.32 bits per heavy atom. The largest absolute Gasteiger partial charge is 0.480 e. The fourth-order valence-corrected chi connectivity index (χ4v) is 2.92. The normalized spacial score (nSPS) is 19.1. The molecule has 5 heteroatoms. The Labute approximate surface area is 131 Å². The van der Waals surface area contributed by atoms with E-state index >= 15 is 0 Å². The molecule has 2 rings (SSSR count). The van der Waals surface area contributed by atoms with E-state index < -0.39 is 12.0 Å². The first kappa shape index (κ1) is 16.5. The zero-order valence-corrected chi connectivity index (χ0v) is 13.4. The van der Waals surface area contributed by atoms with Crippen molar-refractivity contribution < 1.29 is 14.7 Å². The van der Waals surface area contributed by atoms with Gasteiger partial charge in [0.05, 0.1) is 6.54 Å². The molecule has 2 N–H and O–H groups in total. The summed E-state index contributed by atoms with van der Waals surface area (Å²) in [6.07, 6.45) is 1.43. The second kappa shape index (κ2) is 6.48. The number of hydrogen-bond acceptors (Lipinski definition) is 3. The van der Waals surface area contributed by atoms with Crippen LogP contribution in [0.4, 0.5) is 5.69 Å². The SMILES string of the molecule is CC(C)(C)c1ccccc1NC(=O)CN1CCCC1C(=O)O. The molecule has 1 heterocycles. The zero-order valence-electron chi connectivity index (χ0n) is 13.4. The van der Waals surface area contributed by atoms with Gasteiger partial charge < -0.3 is 10.4 Å². The number of anilines is 1. The van der Waals surface area contributed by atoms with E-state index in [1.165, 1.54) is 0 Å². The van der Waals surface area contributed by atoms with Crippen LogP contribution in [-0.2, 0) is 15.0 Å². The Morgan fingerprint density at radius 3 is 2.64 bits per heavy atom. The van der Waals surface area contributed by atoms with E-state index in [9.17, 15) is 9.59 Å². The van der Waals surface area contributed by atoms with Gasteiger partial charge in [0, 0.05) is 5.69 Å². The van der Waals surface area contributed by atoms with Gasteiger partial charge in [0.1, 0.15) is 6.04 Å². The monoisotopic (exact) mass is 304 g/mol. The van der Waals surface area contributed by atoms with Crippen LogP contribution >= 0.6 is 0 Å². The summed E-state index contributed by atoms with van der Waals surface area (Å²) in [5.41, 5.74) is 1.80. The molecule has 22 heavy (non-hydrogen) atoms. The zero-order chi connectivity index (χ0) is 16.3. The van der Waals surface area contributed by atoms with Gasteiger partial charge in [0.15, 0.2) is 0 Å². The van der Waals surface area contributed by atoms with Gasteiger partial charge in [-0.2, -0.15) is 0 Å². The van der Waals surface area contributed by atoms with Crippen molar-refractivity contribution in [3.8, 4) is 0 Å².